The summed E-state index contributed by atoms with van der Waals surface area (Å²) in [6.07, 6.45) is 1.03. The second kappa shape index (κ2) is 43.4. The highest BCUT2D eigenvalue weighted by Gasteiger charge is 2.38. The first-order valence-electron chi connectivity index (χ1n) is 31.8. The number of unbranched alkanes of at least 4 members (excludes halogenated alkanes) is 5. The molecule has 12 amide bonds. The average Bonchev–Trinajstić information content (AvgIpc) is 1.87. The maximum atomic E-state index is 14.6. The molecule has 0 aromatic heterocycles. The van der Waals surface area contributed by atoms with Gasteiger partial charge in [0.25, 0.3) is 0 Å². The Labute approximate surface area is 533 Å². The summed E-state index contributed by atoms with van der Waals surface area (Å²) in [7, 11) is 0. The molecule has 1 aromatic rings. The van der Waals surface area contributed by atoms with Crippen LogP contribution in [-0.4, -0.2) is 199 Å². The number of hydrogen-bond acceptors (Lipinski definition) is 19. The van der Waals surface area contributed by atoms with E-state index in [9.17, 15) is 67.7 Å². The number of nitrogens with two attached hydrogens (primary N) is 5. The van der Waals surface area contributed by atoms with Gasteiger partial charge in [-0.15, -0.1) is 0 Å². The number of benzene rings is 1. The van der Waals surface area contributed by atoms with Gasteiger partial charge in [-0.3, -0.25) is 57.5 Å². The minimum atomic E-state index is -1.78. The van der Waals surface area contributed by atoms with Crippen molar-refractivity contribution in [3.63, 3.8) is 0 Å². The predicted molar refractivity (Wildman–Crippen MR) is 338 cm³/mol. The number of amides is 12. The topological polar surface area (TPSA) is 520 Å². The van der Waals surface area contributed by atoms with Crippen molar-refractivity contribution in [1.29, 1.82) is 0 Å². The molecule has 2 rings (SSSR count). The molecule has 0 spiro atoms. The summed E-state index contributed by atoms with van der Waals surface area (Å²) >= 11 is 0. The van der Waals surface area contributed by atoms with Gasteiger partial charge in [-0.1, -0.05) is 96.6 Å². The molecule has 1 aliphatic rings. The fourth-order valence-electron chi connectivity index (χ4n) is 9.84. The van der Waals surface area contributed by atoms with Crippen LogP contribution in [0.2, 0.25) is 0 Å². The quantitative estimate of drug-likeness (QED) is 0.0293. The largest absolute Gasteiger partial charge is 0.391 e. The molecule has 1 aliphatic heterocycles. The molecule has 0 radical (unpaired) electrons. The van der Waals surface area contributed by atoms with Gasteiger partial charge in [-0.05, 0) is 109 Å². The highest BCUT2D eigenvalue weighted by Crippen LogP contribution is 2.13. The standard InChI is InChI=1S/C60H105N17O14/c1-7-9-10-11-12-16-19-38(67-47(80)8-2)50(81)69-43(24-30-65)56(87)77-49(36(6)79)60(91)73-41(22-28-63)52(83)72-44-25-31-66-59(90)48(35(5)78)76-55(86)42(23-29-64)70-51(82)39(20-26-61)71-57(88)45(32-34(3)4)74-58(89)46(33-37-17-14-13-15-18-37)75-53(84)40(21-27-62)68-54(44)85/h13-15,17-18,34-36,38-46,48-49,78-79H,7-12,16,19-33,61-65H2,1-6H3,(H,66,90)(H,67,80)(H,68,85)(H,69,81)(H,70,82)(H,71,88)(H,72,83)(H,73,91)(H,74,89)(H,75,84)(H,76,86)(H,77,87)/t35-,36-,38+,39+,40+,41+,42+,43+,44+,45+,46-,48+,49+/m1/s1. The van der Waals surface area contributed by atoms with Crippen molar-refractivity contribution in [2.24, 2.45) is 34.6 Å². The average molecular weight is 1290 g/mol. The van der Waals surface area contributed by atoms with E-state index in [1.54, 1.807) is 51.1 Å². The van der Waals surface area contributed by atoms with Crippen LogP contribution in [0.25, 0.3) is 0 Å². The Hall–Kier alpha value is -7.42. The van der Waals surface area contributed by atoms with E-state index in [0.717, 1.165) is 32.1 Å². The van der Waals surface area contributed by atoms with Gasteiger partial charge in [0.2, 0.25) is 70.9 Å². The molecular formula is C60H105N17O14. The van der Waals surface area contributed by atoms with E-state index in [4.69, 9.17) is 28.7 Å². The third kappa shape index (κ3) is 29.2. The zero-order chi connectivity index (χ0) is 68.2. The van der Waals surface area contributed by atoms with Gasteiger partial charge >= 0.3 is 0 Å². The summed E-state index contributed by atoms with van der Waals surface area (Å²) in [6, 6.07) is -7.68. The van der Waals surface area contributed by atoms with Gasteiger partial charge in [0.1, 0.15) is 66.5 Å². The lowest BCUT2D eigenvalue weighted by molar-refractivity contribution is -0.137. The first-order valence-corrected chi connectivity index (χ1v) is 31.8. The lowest BCUT2D eigenvalue weighted by Crippen LogP contribution is -2.62. The van der Waals surface area contributed by atoms with Crippen molar-refractivity contribution in [2.75, 3.05) is 39.3 Å². The van der Waals surface area contributed by atoms with Gasteiger partial charge in [-0.2, -0.15) is 0 Å². The number of hydrogen-bond donors (Lipinski definition) is 19. The monoisotopic (exact) mass is 1290 g/mol. The molecular weight excluding hydrogens is 1180 g/mol. The van der Waals surface area contributed by atoms with Gasteiger partial charge in [-0.25, -0.2) is 0 Å². The minimum Gasteiger partial charge on any atom is -0.391 e. The molecule has 13 atom stereocenters. The van der Waals surface area contributed by atoms with E-state index >= 15 is 0 Å². The molecule has 0 unspecified atom stereocenters. The Morgan fingerprint density at radius 1 is 0.516 bits per heavy atom. The highest BCUT2D eigenvalue weighted by atomic mass is 16.3. The van der Waals surface area contributed by atoms with Crippen LogP contribution >= 0.6 is 0 Å². The van der Waals surface area contributed by atoms with E-state index in [1.165, 1.54) is 13.8 Å². The van der Waals surface area contributed by atoms with Crippen molar-refractivity contribution in [2.45, 2.75) is 223 Å². The van der Waals surface area contributed by atoms with Gasteiger partial charge in [0, 0.05) is 19.4 Å². The summed E-state index contributed by atoms with van der Waals surface area (Å²) in [5.41, 5.74) is 30.1. The molecule has 31 heteroatoms. The summed E-state index contributed by atoms with van der Waals surface area (Å²) in [5.74, 6) is -10.9. The Kier molecular flexibility index (Phi) is 38.0. The van der Waals surface area contributed by atoms with Crippen molar-refractivity contribution in [1.82, 2.24) is 63.8 Å². The van der Waals surface area contributed by atoms with Crippen molar-refractivity contribution < 1.29 is 67.7 Å². The smallest absolute Gasteiger partial charge is 0.245 e. The number of aliphatic hydroxyl groups is 2. The van der Waals surface area contributed by atoms with Crippen LogP contribution in [-0.2, 0) is 64.0 Å². The molecule has 0 saturated carbocycles. The van der Waals surface area contributed by atoms with Gasteiger partial charge in [0.05, 0.1) is 12.2 Å². The lowest BCUT2D eigenvalue weighted by atomic mass is 10.00. The van der Waals surface area contributed by atoms with Crippen molar-refractivity contribution >= 4 is 70.9 Å². The minimum absolute atomic E-state index is 0.0352. The van der Waals surface area contributed by atoms with E-state index < -0.39 is 157 Å². The summed E-state index contributed by atoms with van der Waals surface area (Å²) in [5, 5.41) is 52.5. The Morgan fingerprint density at radius 2 is 0.978 bits per heavy atom. The van der Waals surface area contributed by atoms with E-state index in [2.05, 4.69) is 70.7 Å². The number of rotatable bonds is 33. The van der Waals surface area contributed by atoms with Crippen LogP contribution < -0.4 is 92.5 Å². The Bertz CT molecular complexity index is 2490. The lowest BCUT2D eigenvalue weighted by Gasteiger charge is -2.29. The Morgan fingerprint density at radius 3 is 1.49 bits per heavy atom. The number of carbonyl (C=O) groups is 12. The van der Waals surface area contributed by atoms with Crippen LogP contribution in [0.5, 0.6) is 0 Å². The molecule has 91 heavy (non-hydrogen) atoms. The SMILES string of the molecule is CCCCCCCC[C@H](NC(=O)CC)C(=O)N[C@@H](CCN)C(=O)N[C@H](C(=O)N[C@@H](CCN)C(=O)N[C@H]1CCNC(=O)[C@H]([C@@H](C)O)NC(=O)[C@H](CCN)NC(=O)[C@H](CCN)NC(=O)[C@H](CC(C)C)NC(=O)[C@@H](Cc2ccccc2)NC(=O)[C@H](CCN)NC1=O)[C@@H](C)O. The fourth-order valence-corrected chi connectivity index (χ4v) is 9.84. The first kappa shape index (κ1) is 79.7. The van der Waals surface area contributed by atoms with Crippen molar-refractivity contribution in [3.05, 3.63) is 35.9 Å². The van der Waals surface area contributed by atoms with E-state index in [0.29, 0.717) is 12.0 Å². The van der Waals surface area contributed by atoms with Gasteiger partial charge < -0.3 is 103 Å². The molecule has 24 N–H and O–H groups in total. The predicted octanol–water partition coefficient (Wildman–Crippen LogP) is -5.21. The molecule has 0 aliphatic carbocycles. The van der Waals surface area contributed by atoms with Crippen LogP contribution in [0.3, 0.4) is 0 Å². The fraction of sp³-hybridized carbons (Fsp3) is 0.700. The highest BCUT2D eigenvalue weighted by molar-refractivity contribution is 5.99. The molecule has 0 bridgehead atoms. The molecule has 1 heterocycles. The maximum Gasteiger partial charge on any atom is 0.245 e. The molecule has 1 aromatic carbocycles. The van der Waals surface area contributed by atoms with E-state index in [1.807, 2.05) is 0 Å². The molecule has 1 fully saturated rings. The number of aliphatic hydroxyl groups excluding tert-OH is 2. The maximum absolute atomic E-state index is 14.6. The second-order valence-electron chi connectivity index (χ2n) is 23.3. The normalized spacial score (nSPS) is 22.1. The summed E-state index contributed by atoms with van der Waals surface area (Å²) < 4.78 is 0. The zero-order valence-electron chi connectivity index (χ0n) is 53.7. The summed E-state index contributed by atoms with van der Waals surface area (Å²) in [4.78, 5) is 168. The number of carbonyl (C=O) groups excluding carboxylic acids is 12. The molecule has 514 valence electrons. The third-order valence-corrected chi connectivity index (χ3v) is 15.0. The van der Waals surface area contributed by atoms with Crippen LogP contribution in [0.4, 0.5) is 0 Å². The van der Waals surface area contributed by atoms with E-state index in [-0.39, 0.29) is 102 Å². The van der Waals surface area contributed by atoms with Gasteiger partial charge in [0.15, 0.2) is 0 Å². The van der Waals surface area contributed by atoms with Crippen LogP contribution in [0, 0.1) is 5.92 Å². The first-order chi connectivity index (χ1) is 43.3. The summed E-state index contributed by atoms with van der Waals surface area (Å²) in [6.45, 7) is 8.30. The molecule has 1 saturated heterocycles. The molecule has 31 nitrogen and oxygen atoms in total. The van der Waals surface area contributed by atoms with Crippen LogP contribution in [0.15, 0.2) is 30.3 Å². The second-order valence-corrected chi connectivity index (χ2v) is 23.3. The van der Waals surface area contributed by atoms with Crippen LogP contribution in [0.1, 0.15) is 143 Å². The number of nitrogens with one attached hydrogen (secondary N) is 12. The van der Waals surface area contributed by atoms with Crippen molar-refractivity contribution in [3.8, 4) is 0 Å². The third-order valence-electron chi connectivity index (χ3n) is 15.0. The zero-order valence-corrected chi connectivity index (χ0v) is 53.7. The Balaban J connectivity index is 2.68.